The third-order valence-electron chi connectivity index (χ3n) is 5.45. The SMILES string of the molecule is CC(C)OC(=O)CNc1n[n+]([O-])c2cc(-c3cc4c(s3)CCN(C(C)C)C4)ccc2[n+]1[O-]. The first-order valence-corrected chi connectivity index (χ1v) is 11.5. The molecule has 3 heterocycles. The van der Waals surface area contributed by atoms with Crippen LogP contribution in [0.2, 0.25) is 0 Å². The summed E-state index contributed by atoms with van der Waals surface area (Å²) < 4.78 is 5.55. The summed E-state index contributed by atoms with van der Waals surface area (Å²) in [5.74, 6) is -0.784. The van der Waals surface area contributed by atoms with Crippen LogP contribution in [-0.2, 0) is 22.5 Å². The van der Waals surface area contributed by atoms with E-state index in [-0.39, 0.29) is 29.6 Å². The van der Waals surface area contributed by atoms with E-state index in [1.54, 1.807) is 37.3 Å². The topological polar surface area (TPSA) is 108 Å². The van der Waals surface area contributed by atoms with Gasteiger partial charge in [-0.2, -0.15) is 0 Å². The van der Waals surface area contributed by atoms with E-state index < -0.39 is 5.97 Å². The van der Waals surface area contributed by atoms with E-state index in [0.29, 0.717) is 15.6 Å². The predicted octanol–water partition coefficient (Wildman–Crippen LogP) is 2.36. The Bertz CT molecular complexity index is 1160. The van der Waals surface area contributed by atoms with Crippen molar-refractivity contribution in [3.8, 4) is 10.4 Å². The molecule has 0 aliphatic carbocycles. The zero-order valence-corrected chi connectivity index (χ0v) is 19.4. The number of benzene rings is 1. The normalized spacial score (nSPS) is 14.2. The van der Waals surface area contributed by atoms with Gasteiger partial charge in [0.15, 0.2) is 12.1 Å². The fourth-order valence-electron chi connectivity index (χ4n) is 3.80. The maximum absolute atomic E-state index is 12.7. The first-order valence-electron chi connectivity index (χ1n) is 10.7. The fraction of sp³-hybridized carbons (Fsp3) is 0.455. The summed E-state index contributed by atoms with van der Waals surface area (Å²) in [6.45, 7) is 9.58. The van der Waals surface area contributed by atoms with Crippen LogP contribution in [0.1, 0.15) is 38.1 Å². The lowest BCUT2D eigenvalue weighted by Gasteiger charge is -2.30. The maximum Gasteiger partial charge on any atom is 0.461 e. The Morgan fingerprint density at radius 2 is 2.03 bits per heavy atom. The van der Waals surface area contributed by atoms with Crippen molar-refractivity contribution in [2.45, 2.75) is 52.8 Å². The number of ether oxygens (including phenoxy) is 1. The van der Waals surface area contributed by atoms with E-state index >= 15 is 0 Å². The second kappa shape index (κ2) is 8.87. The molecule has 0 atom stereocenters. The first kappa shape index (κ1) is 22.2. The van der Waals surface area contributed by atoms with Gasteiger partial charge in [0.1, 0.15) is 0 Å². The Morgan fingerprint density at radius 3 is 2.75 bits per heavy atom. The molecular formula is C22H27N5O4S. The molecule has 1 N–H and O–H groups in total. The summed E-state index contributed by atoms with van der Waals surface area (Å²) in [6.07, 6.45) is 0.747. The number of nitrogens with one attached hydrogen (secondary N) is 1. The zero-order valence-electron chi connectivity index (χ0n) is 18.6. The highest BCUT2D eigenvalue weighted by Crippen LogP contribution is 2.35. The van der Waals surface area contributed by atoms with Crippen LogP contribution in [0.15, 0.2) is 24.3 Å². The number of fused-ring (bicyclic) bond motifs is 2. The predicted molar refractivity (Wildman–Crippen MR) is 122 cm³/mol. The van der Waals surface area contributed by atoms with E-state index in [9.17, 15) is 15.2 Å². The Labute approximate surface area is 190 Å². The third-order valence-corrected chi connectivity index (χ3v) is 6.73. The molecular weight excluding hydrogens is 430 g/mol. The first-order chi connectivity index (χ1) is 15.2. The van der Waals surface area contributed by atoms with Crippen molar-refractivity contribution in [2.24, 2.45) is 0 Å². The number of nitrogens with zero attached hydrogens (tertiary/aromatic N) is 4. The number of hydrogen-bond donors (Lipinski definition) is 1. The maximum atomic E-state index is 12.7. The molecule has 10 heteroatoms. The summed E-state index contributed by atoms with van der Waals surface area (Å²) in [5.41, 5.74) is 2.54. The van der Waals surface area contributed by atoms with Crippen LogP contribution >= 0.6 is 11.3 Å². The van der Waals surface area contributed by atoms with Crippen molar-refractivity contribution in [3.63, 3.8) is 0 Å². The van der Waals surface area contributed by atoms with Crippen molar-refractivity contribution in [1.29, 1.82) is 0 Å². The molecule has 0 radical (unpaired) electrons. The molecule has 0 bridgehead atoms. The van der Waals surface area contributed by atoms with Gasteiger partial charge in [-0.15, -0.1) is 11.3 Å². The molecule has 0 spiro atoms. The zero-order chi connectivity index (χ0) is 23.0. The van der Waals surface area contributed by atoms with E-state index in [2.05, 4.69) is 35.2 Å². The molecule has 4 rings (SSSR count). The van der Waals surface area contributed by atoms with Crippen LogP contribution in [0.25, 0.3) is 21.5 Å². The number of thiophene rings is 1. The molecule has 32 heavy (non-hydrogen) atoms. The molecule has 0 fully saturated rings. The van der Waals surface area contributed by atoms with Crippen molar-refractivity contribution in [1.82, 2.24) is 10.00 Å². The van der Waals surface area contributed by atoms with Crippen LogP contribution in [0, 0.1) is 10.4 Å². The largest absolute Gasteiger partial charge is 0.739 e. The van der Waals surface area contributed by atoms with Gasteiger partial charge < -0.3 is 15.2 Å². The van der Waals surface area contributed by atoms with Gasteiger partial charge in [0.05, 0.1) is 6.10 Å². The summed E-state index contributed by atoms with van der Waals surface area (Å²) in [4.78, 5) is 17.0. The van der Waals surface area contributed by atoms with Gasteiger partial charge >= 0.3 is 11.9 Å². The van der Waals surface area contributed by atoms with Crippen molar-refractivity contribution in [2.75, 3.05) is 18.4 Å². The Balaban J connectivity index is 1.60. The number of esters is 1. The second-order valence-corrected chi connectivity index (χ2v) is 9.60. The van der Waals surface area contributed by atoms with Gasteiger partial charge in [-0.3, -0.25) is 10.2 Å². The highest BCUT2D eigenvalue weighted by Gasteiger charge is 2.24. The number of rotatable bonds is 6. The number of hydrogen-bond acceptors (Lipinski definition) is 8. The molecule has 0 saturated heterocycles. The molecule has 0 amide bonds. The van der Waals surface area contributed by atoms with Gasteiger partial charge in [0.25, 0.3) is 5.52 Å². The number of carbonyl (C=O) groups is 1. The number of carbonyl (C=O) groups excluding carboxylic acids is 1. The lowest BCUT2D eigenvalue weighted by Crippen LogP contribution is -2.44. The van der Waals surface area contributed by atoms with Gasteiger partial charge in [-0.25, -0.2) is 9.52 Å². The van der Waals surface area contributed by atoms with Gasteiger partial charge in [-0.05, 0) is 63.4 Å². The van der Waals surface area contributed by atoms with Gasteiger partial charge in [0, 0.05) is 39.8 Å². The molecule has 3 aromatic rings. The number of anilines is 1. The second-order valence-electron chi connectivity index (χ2n) is 8.46. The fourth-order valence-corrected chi connectivity index (χ4v) is 4.96. The van der Waals surface area contributed by atoms with Crippen molar-refractivity contribution >= 4 is 34.3 Å². The molecule has 2 aromatic heterocycles. The molecule has 1 aliphatic rings. The third kappa shape index (κ3) is 4.46. The standard InChI is InChI=1S/C22H27N5O4S/c1-13(2)25-8-7-19-16(12-25)10-20(32-19)15-5-6-17-18(9-15)27(30)24-22(26(17)29)23-11-21(28)31-14(3)4/h5-6,9-10,13-14H,7-8,11-12H2,1-4H3,(H,23,24). The lowest BCUT2D eigenvalue weighted by molar-refractivity contribution is -0.672. The smallest absolute Gasteiger partial charge is 0.461 e. The molecule has 170 valence electrons. The highest BCUT2D eigenvalue weighted by molar-refractivity contribution is 7.15. The minimum atomic E-state index is -0.535. The highest BCUT2D eigenvalue weighted by atomic mass is 32.1. The van der Waals surface area contributed by atoms with Crippen LogP contribution in [0.3, 0.4) is 0 Å². The molecule has 1 aliphatic heterocycles. The summed E-state index contributed by atoms with van der Waals surface area (Å²) in [5, 5.41) is 31.6. The van der Waals surface area contributed by atoms with Crippen molar-refractivity contribution in [3.05, 3.63) is 45.1 Å². The van der Waals surface area contributed by atoms with E-state index in [1.165, 1.54) is 10.4 Å². The summed E-state index contributed by atoms with van der Waals surface area (Å²) >= 11 is 1.73. The monoisotopic (exact) mass is 457 g/mol. The van der Waals surface area contributed by atoms with Crippen LogP contribution in [-0.4, -0.2) is 41.2 Å². The molecule has 0 unspecified atom stereocenters. The average Bonchev–Trinajstić information content (AvgIpc) is 3.18. The summed E-state index contributed by atoms with van der Waals surface area (Å²) in [6, 6.07) is 7.83. The van der Waals surface area contributed by atoms with Crippen LogP contribution in [0.4, 0.5) is 5.95 Å². The van der Waals surface area contributed by atoms with Crippen molar-refractivity contribution < 1.29 is 19.1 Å². The molecule has 1 aromatic carbocycles. The van der Waals surface area contributed by atoms with E-state index in [0.717, 1.165) is 30.0 Å². The van der Waals surface area contributed by atoms with Gasteiger partial charge in [0.2, 0.25) is 5.10 Å². The van der Waals surface area contributed by atoms with Crippen LogP contribution < -0.4 is 14.9 Å². The van der Waals surface area contributed by atoms with E-state index in [4.69, 9.17) is 4.74 Å². The Morgan fingerprint density at radius 1 is 1.25 bits per heavy atom. The minimum Gasteiger partial charge on any atom is -0.739 e. The molecule has 9 nitrogen and oxygen atoms in total. The Kier molecular flexibility index (Phi) is 6.16. The lowest BCUT2D eigenvalue weighted by atomic mass is 10.1. The van der Waals surface area contributed by atoms with E-state index in [1.807, 2.05) is 6.07 Å². The minimum absolute atomic E-state index is 0.169. The number of aromatic nitrogens is 3. The van der Waals surface area contributed by atoms with Crippen LogP contribution in [0.5, 0.6) is 0 Å². The molecule has 0 saturated carbocycles. The quantitative estimate of drug-likeness (QED) is 0.344. The Hall–Kier alpha value is -2.98. The van der Waals surface area contributed by atoms with Gasteiger partial charge in [-0.1, -0.05) is 0 Å². The summed E-state index contributed by atoms with van der Waals surface area (Å²) in [7, 11) is 0. The average molecular weight is 458 g/mol.